The second-order valence-corrected chi connectivity index (χ2v) is 8.90. The Labute approximate surface area is 197 Å². The van der Waals surface area contributed by atoms with Gasteiger partial charge in [-0.3, -0.25) is 14.6 Å². The number of anilines is 1. The number of rotatable bonds is 6. The Balaban J connectivity index is 0.000000540. The standard InChI is InChI=1S/C19H19FN4O3S.C2HF3O2/c1-12(2)23-19(25)14-4-3-5-16(8-14)24-28(26,27)18-7-6-13(9-17(18)20)15-10-21-22-11-15;3-2(4,5)1(6)7/h3-12,24H,1-2H3,(H,21,22)(H,23,25);(H,6,7). The largest absolute Gasteiger partial charge is 0.490 e. The number of nitrogens with zero attached hydrogens (tertiary/aromatic N) is 1. The Morgan fingerprint density at radius 1 is 1.09 bits per heavy atom. The van der Waals surface area contributed by atoms with Crippen LogP contribution in [0.25, 0.3) is 11.1 Å². The molecule has 0 aliphatic carbocycles. The molecule has 0 unspecified atom stereocenters. The number of carboxylic acid groups (broad SMARTS) is 1. The Morgan fingerprint density at radius 2 is 1.74 bits per heavy atom. The predicted octanol–water partition coefficient (Wildman–Crippen LogP) is 3.79. The van der Waals surface area contributed by atoms with E-state index < -0.39 is 32.9 Å². The van der Waals surface area contributed by atoms with Gasteiger partial charge in [-0.25, -0.2) is 17.6 Å². The van der Waals surface area contributed by atoms with Crippen LogP contribution < -0.4 is 10.0 Å². The third-order valence-corrected chi connectivity index (χ3v) is 5.51. The maximum absolute atomic E-state index is 14.5. The fourth-order valence-corrected chi connectivity index (χ4v) is 3.70. The summed E-state index contributed by atoms with van der Waals surface area (Å²) in [7, 11) is -4.18. The topological polar surface area (TPSA) is 141 Å². The number of aliphatic carboxylic acids is 1. The summed E-state index contributed by atoms with van der Waals surface area (Å²) in [4.78, 5) is 20.5. The van der Waals surface area contributed by atoms with Gasteiger partial charge in [-0.1, -0.05) is 12.1 Å². The van der Waals surface area contributed by atoms with Gasteiger partial charge in [0.15, 0.2) is 0 Å². The summed E-state index contributed by atoms with van der Waals surface area (Å²) in [6, 6.07) is 9.75. The number of nitrogens with one attached hydrogen (secondary N) is 3. The van der Waals surface area contributed by atoms with Crippen molar-refractivity contribution in [2.24, 2.45) is 0 Å². The number of carboxylic acids is 1. The molecule has 1 heterocycles. The first kappa shape index (κ1) is 27.3. The van der Waals surface area contributed by atoms with E-state index in [2.05, 4.69) is 20.2 Å². The zero-order valence-electron chi connectivity index (χ0n) is 18.2. The minimum atomic E-state index is -5.08. The third kappa shape index (κ3) is 7.81. The van der Waals surface area contributed by atoms with E-state index >= 15 is 0 Å². The van der Waals surface area contributed by atoms with E-state index in [1.54, 1.807) is 18.3 Å². The molecule has 9 nitrogen and oxygen atoms in total. The van der Waals surface area contributed by atoms with Crippen molar-refractivity contribution in [1.82, 2.24) is 15.5 Å². The van der Waals surface area contributed by atoms with Crippen LogP contribution >= 0.6 is 0 Å². The van der Waals surface area contributed by atoms with Crippen LogP contribution in [0.1, 0.15) is 24.2 Å². The first-order chi connectivity index (χ1) is 16.2. The average Bonchev–Trinajstić information content (AvgIpc) is 3.27. The first-order valence-corrected chi connectivity index (χ1v) is 11.2. The number of aromatic nitrogens is 2. The molecule has 0 aliphatic rings. The summed E-state index contributed by atoms with van der Waals surface area (Å²) >= 11 is 0. The Morgan fingerprint density at radius 3 is 2.26 bits per heavy atom. The Hall–Kier alpha value is -3.94. The molecule has 0 spiro atoms. The highest BCUT2D eigenvalue weighted by molar-refractivity contribution is 7.92. The van der Waals surface area contributed by atoms with Gasteiger partial charge >= 0.3 is 12.1 Å². The van der Waals surface area contributed by atoms with Gasteiger partial charge in [0.2, 0.25) is 0 Å². The van der Waals surface area contributed by atoms with Gasteiger partial charge < -0.3 is 10.4 Å². The Bertz CT molecular complexity index is 1290. The number of carbonyl (C=O) groups is 2. The fraction of sp³-hybridized carbons (Fsp3) is 0.190. The molecule has 0 radical (unpaired) electrons. The SMILES string of the molecule is CC(C)NC(=O)c1cccc(NS(=O)(=O)c2ccc(-c3cn[nH]c3)cc2F)c1.O=C(O)C(F)(F)F. The zero-order valence-corrected chi connectivity index (χ0v) is 19.0. The maximum Gasteiger partial charge on any atom is 0.490 e. The lowest BCUT2D eigenvalue weighted by Crippen LogP contribution is -2.30. The van der Waals surface area contributed by atoms with E-state index in [0.717, 1.165) is 6.07 Å². The quantitative estimate of drug-likeness (QED) is 0.368. The smallest absolute Gasteiger partial charge is 0.475 e. The van der Waals surface area contributed by atoms with Gasteiger partial charge in [0.05, 0.1) is 6.20 Å². The minimum absolute atomic E-state index is 0.0596. The first-order valence-electron chi connectivity index (χ1n) is 9.73. The van der Waals surface area contributed by atoms with Crippen molar-refractivity contribution in [3.63, 3.8) is 0 Å². The van der Waals surface area contributed by atoms with E-state index in [1.807, 2.05) is 13.8 Å². The van der Waals surface area contributed by atoms with Gasteiger partial charge in [-0.2, -0.15) is 18.3 Å². The molecule has 2 aromatic carbocycles. The van der Waals surface area contributed by atoms with Gasteiger partial charge in [0.1, 0.15) is 10.7 Å². The molecule has 1 aromatic heterocycles. The zero-order chi connectivity index (χ0) is 26.4. The van der Waals surface area contributed by atoms with Crippen LogP contribution in [0, 0.1) is 5.82 Å². The molecule has 0 saturated heterocycles. The molecule has 14 heteroatoms. The number of H-pyrrole nitrogens is 1. The number of carbonyl (C=O) groups excluding carboxylic acids is 1. The average molecular weight is 516 g/mol. The number of benzene rings is 2. The minimum Gasteiger partial charge on any atom is -0.475 e. The van der Waals surface area contributed by atoms with Crippen molar-refractivity contribution < 1.29 is 40.7 Å². The summed E-state index contributed by atoms with van der Waals surface area (Å²) < 4.78 is 73.7. The van der Waals surface area contributed by atoms with Crippen molar-refractivity contribution in [3.8, 4) is 11.1 Å². The highest BCUT2D eigenvalue weighted by Crippen LogP contribution is 2.25. The van der Waals surface area contributed by atoms with Crippen LogP contribution in [0.2, 0.25) is 0 Å². The van der Waals surface area contributed by atoms with Crippen LogP contribution in [0.5, 0.6) is 0 Å². The van der Waals surface area contributed by atoms with Gasteiger partial charge in [0.25, 0.3) is 15.9 Å². The number of amides is 1. The molecule has 0 bridgehead atoms. The van der Waals surface area contributed by atoms with Crippen LogP contribution in [0.15, 0.2) is 59.8 Å². The summed E-state index contributed by atoms with van der Waals surface area (Å²) in [5.41, 5.74) is 1.59. The second-order valence-electron chi connectivity index (χ2n) is 7.25. The van der Waals surface area contributed by atoms with Crippen LogP contribution in [-0.4, -0.2) is 47.8 Å². The third-order valence-electron chi connectivity index (χ3n) is 4.09. The lowest BCUT2D eigenvalue weighted by molar-refractivity contribution is -0.192. The molecule has 35 heavy (non-hydrogen) atoms. The lowest BCUT2D eigenvalue weighted by Gasteiger charge is -2.12. The highest BCUT2D eigenvalue weighted by atomic mass is 32.2. The highest BCUT2D eigenvalue weighted by Gasteiger charge is 2.38. The van der Waals surface area contributed by atoms with Gasteiger partial charge in [-0.05, 0) is 49.7 Å². The van der Waals surface area contributed by atoms with Crippen LogP contribution in [0.3, 0.4) is 0 Å². The summed E-state index contributed by atoms with van der Waals surface area (Å²) in [5.74, 6) is -3.97. The number of hydrogen-bond donors (Lipinski definition) is 4. The van der Waals surface area contributed by atoms with E-state index in [4.69, 9.17) is 9.90 Å². The summed E-state index contributed by atoms with van der Waals surface area (Å²) in [6.45, 7) is 3.64. The molecule has 0 saturated carbocycles. The summed E-state index contributed by atoms with van der Waals surface area (Å²) in [5, 5.41) is 16.3. The lowest BCUT2D eigenvalue weighted by atomic mass is 10.1. The number of halogens is 4. The number of hydrogen-bond acceptors (Lipinski definition) is 5. The van der Waals surface area contributed by atoms with Crippen LogP contribution in [0.4, 0.5) is 23.2 Å². The molecule has 188 valence electrons. The second kappa shape index (κ2) is 11.0. The molecule has 3 aromatic rings. The number of aromatic amines is 1. The molecule has 4 N–H and O–H groups in total. The molecule has 0 atom stereocenters. The maximum atomic E-state index is 14.5. The monoisotopic (exact) mass is 516 g/mol. The van der Waals surface area contributed by atoms with Gasteiger partial charge in [0, 0.05) is 29.1 Å². The number of alkyl halides is 3. The molecular formula is C21H20F4N4O5S. The van der Waals surface area contributed by atoms with E-state index in [1.165, 1.54) is 30.5 Å². The van der Waals surface area contributed by atoms with Crippen molar-refractivity contribution in [1.29, 1.82) is 0 Å². The van der Waals surface area contributed by atoms with Crippen LogP contribution in [-0.2, 0) is 14.8 Å². The van der Waals surface area contributed by atoms with E-state index in [0.29, 0.717) is 16.7 Å². The molecule has 1 amide bonds. The van der Waals surface area contributed by atoms with E-state index in [-0.39, 0.29) is 17.6 Å². The fourth-order valence-electron chi connectivity index (χ4n) is 2.59. The predicted molar refractivity (Wildman–Crippen MR) is 118 cm³/mol. The van der Waals surface area contributed by atoms with Crippen molar-refractivity contribution in [2.45, 2.75) is 31.0 Å². The summed E-state index contributed by atoms with van der Waals surface area (Å²) in [6.07, 6.45) is -2.00. The molecular weight excluding hydrogens is 496 g/mol. The molecule has 0 fully saturated rings. The van der Waals surface area contributed by atoms with Crippen molar-refractivity contribution in [2.75, 3.05) is 4.72 Å². The Kier molecular flexibility index (Phi) is 8.57. The van der Waals surface area contributed by atoms with Crippen molar-refractivity contribution >= 4 is 27.6 Å². The molecule has 3 rings (SSSR count). The van der Waals surface area contributed by atoms with Gasteiger partial charge in [-0.15, -0.1) is 0 Å². The number of sulfonamides is 1. The normalized spacial score (nSPS) is 11.4. The van der Waals surface area contributed by atoms with Crippen molar-refractivity contribution in [3.05, 3.63) is 66.2 Å². The van der Waals surface area contributed by atoms with E-state index in [9.17, 15) is 30.8 Å². The molecule has 0 aliphatic heterocycles.